The number of rotatable bonds is 0. The smallest absolute Gasteiger partial charge is 0.000996 e. The fourth-order valence-corrected chi connectivity index (χ4v) is 1.72. The third-order valence-electron chi connectivity index (χ3n) is 2.31. The van der Waals surface area contributed by atoms with Crippen molar-refractivity contribution in [3.8, 4) is 0 Å². The number of hydrogen-bond donors (Lipinski definition) is 0. The SMILES string of the molecule is CC1=C2CCCC12. The molecule has 0 aromatic heterocycles. The lowest BCUT2D eigenvalue weighted by atomic mass is 10.2. The van der Waals surface area contributed by atoms with E-state index in [1.165, 1.54) is 19.3 Å². The largest absolute Gasteiger partial charge is 0.0663 e. The first-order valence-corrected chi connectivity index (χ1v) is 3.09. The third kappa shape index (κ3) is 0.324. The summed E-state index contributed by atoms with van der Waals surface area (Å²) in [6.07, 6.45) is 4.37. The Morgan fingerprint density at radius 3 is 2.71 bits per heavy atom. The van der Waals surface area contributed by atoms with Crippen LogP contribution in [0.4, 0.5) is 0 Å². The molecule has 0 aromatic carbocycles. The van der Waals surface area contributed by atoms with Gasteiger partial charge >= 0.3 is 0 Å². The lowest BCUT2D eigenvalue weighted by Gasteiger charge is -1.84. The standard InChI is InChI=1S/C7H10/c1-5-6-3-2-4-7(5)6/h6H,2-4H2,1H3. The van der Waals surface area contributed by atoms with Crippen LogP contribution in [-0.4, -0.2) is 0 Å². The van der Waals surface area contributed by atoms with E-state index >= 15 is 0 Å². The zero-order chi connectivity index (χ0) is 4.85. The minimum atomic E-state index is 1.01. The van der Waals surface area contributed by atoms with Crippen LogP contribution < -0.4 is 0 Å². The second kappa shape index (κ2) is 0.936. The van der Waals surface area contributed by atoms with Crippen LogP contribution in [0, 0.1) is 5.92 Å². The molecule has 0 heterocycles. The molecule has 0 saturated heterocycles. The summed E-state index contributed by atoms with van der Waals surface area (Å²) in [5.74, 6) is 1.01. The van der Waals surface area contributed by atoms with Gasteiger partial charge in [0.05, 0.1) is 0 Å². The van der Waals surface area contributed by atoms with Gasteiger partial charge < -0.3 is 0 Å². The van der Waals surface area contributed by atoms with Gasteiger partial charge in [-0.3, -0.25) is 0 Å². The van der Waals surface area contributed by atoms with Crippen LogP contribution in [0.2, 0.25) is 0 Å². The highest BCUT2D eigenvalue weighted by molar-refractivity contribution is 5.41. The monoisotopic (exact) mass is 94.1 g/mol. The van der Waals surface area contributed by atoms with Gasteiger partial charge in [-0.1, -0.05) is 11.1 Å². The van der Waals surface area contributed by atoms with Gasteiger partial charge in [-0.2, -0.15) is 0 Å². The molecule has 1 fully saturated rings. The Kier molecular flexibility index (Phi) is 0.495. The predicted molar refractivity (Wildman–Crippen MR) is 30.0 cm³/mol. The summed E-state index contributed by atoms with van der Waals surface area (Å²) < 4.78 is 0. The van der Waals surface area contributed by atoms with Crippen LogP contribution in [0.25, 0.3) is 0 Å². The van der Waals surface area contributed by atoms with E-state index < -0.39 is 0 Å². The molecule has 2 aliphatic rings. The normalized spacial score (nSPS) is 36.4. The third-order valence-corrected chi connectivity index (χ3v) is 2.31. The molecule has 1 saturated carbocycles. The van der Waals surface area contributed by atoms with Gasteiger partial charge in [0.1, 0.15) is 0 Å². The average molecular weight is 94.2 g/mol. The van der Waals surface area contributed by atoms with E-state index in [2.05, 4.69) is 6.92 Å². The van der Waals surface area contributed by atoms with Crippen LogP contribution in [0.3, 0.4) is 0 Å². The molecule has 1 unspecified atom stereocenters. The molecule has 0 bridgehead atoms. The molecular formula is C7H10. The van der Waals surface area contributed by atoms with Crippen LogP contribution in [0.5, 0.6) is 0 Å². The van der Waals surface area contributed by atoms with Gasteiger partial charge in [0.2, 0.25) is 0 Å². The molecule has 0 aromatic rings. The highest BCUT2D eigenvalue weighted by atomic mass is 14.4. The van der Waals surface area contributed by atoms with Gasteiger partial charge in [-0.15, -0.1) is 0 Å². The van der Waals surface area contributed by atoms with Crippen molar-refractivity contribution in [3.05, 3.63) is 11.1 Å². The summed E-state index contributed by atoms with van der Waals surface area (Å²) >= 11 is 0. The fraction of sp³-hybridized carbons (Fsp3) is 0.714. The first kappa shape index (κ1) is 3.71. The van der Waals surface area contributed by atoms with Crippen LogP contribution in [-0.2, 0) is 0 Å². The Morgan fingerprint density at radius 1 is 1.57 bits per heavy atom. The molecule has 2 rings (SSSR count). The van der Waals surface area contributed by atoms with E-state index in [-0.39, 0.29) is 0 Å². The van der Waals surface area contributed by atoms with E-state index in [1.807, 2.05) is 0 Å². The molecular weight excluding hydrogens is 84.1 g/mol. The zero-order valence-electron chi connectivity index (χ0n) is 4.70. The molecule has 0 spiro atoms. The molecule has 0 radical (unpaired) electrons. The summed E-state index contributed by atoms with van der Waals surface area (Å²) in [6, 6.07) is 0. The van der Waals surface area contributed by atoms with Crippen molar-refractivity contribution in [1.82, 2.24) is 0 Å². The van der Waals surface area contributed by atoms with Gasteiger partial charge in [0.25, 0.3) is 0 Å². The van der Waals surface area contributed by atoms with Crippen LogP contribution >= 0.6 is 0 Å². The molecule has 1 atom stereocenters. The van der Waals surface area contributed by atoms with E-state index in [0.717, 1.165) is 5.92 Å². The van der Waals surface area contributed by atoms with Crippen molar-refractivity contribution in [2.45, 2.75) is 26.2 Å². The molecule has 0 aliphatic heterocycles. The molecule has 0 heteroatoms. The number of allylic oxidation sites excluding steroid dienone is 2. The topological polar surface area (TPSA) is 0 Å². The van der Waals surface area contributed by atoms with E-state index in [1.54, 1.807) is 11.1 Å². The van der Waals surface area contributed by atoms with E-state index in [9.17, 15) is 0 Å². The Hall–Kier alpha value is -0.260. The van der Waals surface area contributed by atoms with E-state index in [0.29, 0.717) is 0 Å². The van der Waals surface area contributed by atoms with Crippen molar-refractivity contribution < 1.29 is 0 Å². The second-order valence-corrected chi connectivity index (χ2v) is 2.65. The van der Waals surface area contributed by atoms with E-state index in [4.69, 9.17) is 0 Å². The van der Waals surface area contributed by atoms with Gasteiger partial charge in [-0.25, -0.2) is 0 Å². The zero-order valence-corrected chi connectivity index (χ0v) is 4.70. The Bertz CT molecular complexity index is 131. The number of hydrogen-bond acceptors (Lipinski definition) is 0. The Labute approximate surface area is 44.2 Å². The van der Waals surface area contributed by atoms with Crippen LogP contribution in [0.1, 0.15) is 26.2 Å². The molecule has 7 heavy (non-hydrogen) atoms. The van der Waals surface area contributed by atoms with Gasteiger partial charge in [-0.05, 0) is 26.2 Å². The first-order valence-electron chi connectivity index (χ1n) is 3.09. The van der Waals surface area contributed by atoms with Gasteiger partial charge in [0.15, 0.2) is 0 Å². The van der Waals surface area contributed by atoms with Crippen molar-refractivity contribution in [3.63, 3.8) is 0 Å². The second-order valence-electron chi connectivity index (χ2n) is 2.65. The quantitative estimate of drug-likeness (QED) is 0.403. The molecule has 38 valence electrons. The summed E-state index contributed by atoms with van der Waals surface area (Å²) in [7, 11) is 0. The summed E-state index contributed by atoms with van der Waals surface area (Å²) in [5.41, 5.74) is 3.51. The van der Waals surface area contributed by atoms with Crippen molar-refractivity contribution in [2.75, 3.05) is 0 Å². The average Bonchev–Trinajstić information content (AvgIpc) is 2.26. The highest BCUT2D eigenvalue weighted by Crippen LogP contribution is 2.50. The Morgan fingerprint density at radius 2 is 2.43 bits per heavy atom. The molecule has 0 N–H and O–H groups in total. The maximum absolute atomic E-state index is 2.28. The van der Waals surface area contributed by atoms with Crippen molar-refractivity contribution in [1.29, 1.82) is 0 Å². The molecule has 0 amide bonds. The fourth-order valence-electron chi connectivity index (χ4n) is 1.72. The van der Waals surface area contributed by atoms with Crippen LogP contribution in [0.15, 0.2) is 11.1 Å². The minimum absolute atomic E-state index is 1.01. The Balaban J connectivity index is 2.23. The summed E-state index contributed by atoms with van der Waals surface area (Å²) in [4.78, 5) is 0. The van der Waals surface area contributed by atoms with Gasteiger partial charge in [0, 0.05) is 5.92 Å². The minimum Gasteiger partial charge on any atom is -0.0663 e. The first-order chi connectivity index (χ1) is 3.39. The lowest BCUT2D eigenvalue weighted by molar-refractivity contribution is 0.782. The van der Waals surface area contributed by atoms with Crippen molar-refractivity contribution >= 4 is 0 Å². The van der Waals surface area contributed by atoms with Crippen molar-refractivity contribution in [2.24, 2.45) is 5.92 Å². The number of fused-ring (bicyclic) bond motifs is 1. The summed E-state index contributed by atoms with van der Waals surface area (Å²) in [6.45, 7) is 2.28. The lowest BCUT2D eigenvalue weighted by Crippen LogP contribution is -1.70. The summed E-state index contributed by atoms with van der Waals surface area (Å²) in [5, 5.41) is 0. The maximum atomic E-state index is 2.28. The highest BCUT2D eigenvalue weighted by Gasteiger charge is 2.35. The molecule has 0 nitrogen and oxygen atoms in total. The molecule has 2 aliphatic carbocycles. The predicted octanol–water partition coefficient (Wildman–Crippen LogP) is 2.12. The maximum Gasteiger partial charge on any atom is 0.000996 e.